The molecule has 0 fully saturated rings. The average Bonchev–Trinajstić information content (AvgIpc) is 2.56. The van der Waals surface area contributed by atoms with Crippen molar-refractivity contribution in [2.75, 3.05) is 6.61 Å². The number of nitrogens with one attached hydrogen (secondary N) is 2. The summed E-state index contributed by atoms with van der Waals surface area (Å²) < 4.78 is 0. The molecule has 0 radical (unpaired) electrons. The van der Waals surface area contributed by atoms with Crippen LogP contribution in [-0.2, 0) is 0 Å². The third kappa shape index (κ3) is 2.06. The van der Waals surface area contributed by atoms with E-state index >= 15 is 0 Å². The summed E-state index contributed by atoms with van der Waals surface area (Å²) in [5, 5.41) is 17.4. The number of carbonyl (C=O) groups is 1. The summed E-state index contributed by atoms with van der Waals surface area (Å²) in [5.41, 5.74) is 0.398. The monoisotopic (exact) mass is 169 g/mol. The molecule has 3 N–H and O–H groups in total. The minimum absolute atomic E-state index is 0.0696. The zero-order valence-corrected chi connectivity index (χ0v) is 6.74. The van der Waals surface area contributed by atoms with E-state index in [-0.39, 0.29) is 18.6 Å². The lowest BCUT2D eigenvalue weighted by atomic mass is 10.3. The molecule has 0 saturated carbocycles. The maximum atomic E-state index is 11.2. The molecule has 0 bridgehead atoms. The number of nitrogens with zero attached hydrogens (tertiary/aromatic N) is 1. The molecule has 0 aromatic carbocycles. The van der Waals surface area contributed by atoms with Crippen LogP contribution >= 0.6 is 0 Å². The average molecular weight is 169 g/mol. The number of carbonyl (C=O) groups excluding carboxylic acids is 1. The Labute approximate surface area is 69.8 Å². The molecular formula is C7H11N3O2. The molecule has 0 aliphatic rings. The largest absolute Gasteiger partial charge is 0.394 e. The molecule has 1 amide bonds. The number of aromatic amines is 1. The summed E-state index contributed by atoms with van der Waals surface area (Å²) in [6, 6.07) is 1.33. The second-order valence-corrected chi connectivity index (χ2v) is 2.53. The highest BCUT2D eigenvalue weighted by molar-refractivity contribution is 5.92. The number of hydrogen-bond acceptors (Lipinski definition) is 3. The van der Waals surface area contributed by atoms with E-state index in [1.54, 1.807) is 13.0 Å². The van der Waals surface area contributed by atoms with Gasteiger partial charge in [-0.2, -0.15) is 5.10 Å². The normalized spacial score (nSPS) is 12.5. The Bertz CT molecular complexity index is 245. The molecule has 0 unspecified atom stereocenters. The first kappa shape index (κ1) is 8.73. The molecule has 1 aromatic rings. The van der Waals surface area contributed by atoms with Gasteiger partial charge in [0.1, 0.15) is 5.69 Å². The lowest BCUT2D eigenvalue weighted by Gasteiger charge is -2.08. The van der Waals surface area contributed by atoms with Gasteiger partial charge in [0.15, 0.2) is 0 Å². The van der Waals surface area contributed by atoms with E-state index in [0.29, 0.717) is 5.69 Å². The lowest BCUT2D eigenvalue weighted by Crippen LogP contribution is -2.35. The van der Waals surface area contributed by atoms with Crippen molar-refractivity contribution in [3.8, 4) is 0 Å². The van der Waals surface area contributed by atoms with Crippen molar-refractivity contribution in [3.63, 3.8) is 0 Å². The first-order valence-corrected chi connectivity index (χ1v) is 3.65. The SMILES string of the molecule is C[C@H](CO)NC(=O)c1ccn[nH]1. The molecule has 1 rings (SSSR count). The standard InChI is InChI=1S/C7H11N3O2/c1-5(4-11)9-7(12)6-2-3-8-10-6/h2-3,5,11H,4H2,1H3,(H,8,10)(H,9,12)/t5-/m1/s1. The minimum Gasteiger partial charge on any atom is -0.394 e. The summed E-state index contributed by atoms with van der Waals surface area (Å²) in [5.74, 6) is -0.256. The van der Waals surface area contributed by atoms with Gasteiger partial charge in [0.2, 0.25) is 0 Å². The van der Waals surface area contributed by atoms with Gasteiger partial charge in [0.05, 0.1) is 6.61 Å². The van der Waals surface area contributed by atoms with Gasteiger partial charge in [-0.25, -0.2) is 0 Å². The van der Waals surface area contributed by atoms with Gasteiger partial charge in [0.25, 0.3) is 5.91 Å². The first-order valence-electron chi connectivity index (χ1n) is 3.65. The van der Waals surface area contributed by atoms with Gasteiger partial charge in [-0.15, -0.1) is 0 Å². The first-order chi connectivity index (χ1) is 5.74. The molecule has 66 valence electrons. The number of amides is 1. The minimum atomic E-state index is -0.256. The maximum Gasteiger partial charge on any atom is 0.269 e. The predicted octanol–water partition coefficient (Wildman–Crippen LogP) is -0.480. The van der Waals surface area contributed by atoms with Crippen molar-refractivity contribution in [1.29, 1.82) is 0 Å². The van der Waals surface area contributed by atoms with Crippen molar-refractivity contribution in [1.82, 2.24) is 15.5 Å². The number of H-pyrrole nitrogens is 1. The highest BCUT2D eigenvalue weighted by Crippen LogP contribution is 1.91. The molecule has 1 heterocycles. The topological polar surface area (TPSA) is 78.0 Å². The molecule has 5 heteroatoms. The number of aliphatic hydroxyl groups excluding tert-OH is 1. The quantitative estimate of drug-likeness (QED) is 0.572. The molecular weight excluding hydrogens is 158 g/mol. The van der Waals surface area contributed by atoms with Gasteiger partial charge in [-0.1, -0.05) is 0 Å². The van der Waals surface area contributed by atoms with Gasteiger partial charge >= 0.3 is 0 Å². The molecule has 1 aromatic heterocycles. The third-order valence-corrected chi connectivity index (χ3v) is 1.40. The number of rotatable bonds is 3. The van der Waals surface area contributed by atoms with Crippen LogP contribution in [0.1, 0.15) is 17.4 Å². The Kier molecular flexibility index (Phi) is 2.82. The zero-order chi connectivity index (χ0) is 8.97. The Morgan fingerprint density at radius 3 is 3.17 bits per heavy atom. The summed E-state index contributed by atoms with van der Waals surface area (Å²) in [6.45, 7) is 1.65. The zero-order valence-electron chi connectivity index (χ0n) is 6.74. The summed E-state index contributed by atoms with van der Waals surface area (Å²) >= 11 is 0. The Morgan fingerprint density at radius 1 is 1.92 bits per heavy atom. The van der Waals surface area contributed by atoms with Crippen LogP contribution in [0.25, 0.3) is 0 Å². The van der Waals surface area contributed by atoms with Gasteiger partial charge in [-0.05, 0) is 13.0 Å². The van der Waals surface area contributed by atoms with Crippen LogP contribution in [0.5, 0.6) is 0 Å². The molecule has 1 atom stereocenters. The molecule has 0 aliphatic carbocycles. The highest BCUT2D eigenvalue weighted by atomic mass is 16.3. The fourth-order valence-corrected chi connectivity index (χ4v) is 0.730. The van der Waals surface area contributed by atoms with Crippen LogP contribution in [0.15, 0.2) is 12.3 Å². The predicted molar refractivity (Wildman–Crippen MR) is 42.6 cm³/mol. The van der Waals surface area contributed by atoms with Gasteiger partial charge in [0, 0.05) is 12.2 Å². The van der Waals surface area contributed by atoms with Crippen LogP contribution in [-0.4, -0.2) is 33.9 Å². The summed E-state index contributed by atoms with van der Waals surface area (Å²) in [6.07, 6.45) is 1.50. The fraction of sp³-hybridized carbons (Fsp3) is 0.429. The number of aliphatic hydroxyl groups is 1. The van der Waals surface area contributed by atoms with E-state index in [2.05, 4.69) is 15.5 Å². The second-order valence-electron chi connectivity index (χ2n) is 2.53. The number of aromatic nitrogens is 2. The van der Waals surface area contributed by atoms with Crippen molar-refractivity contribution in [2.24, 2.45) is 0 Å². The third-order valence-electron chi connectivity index (χ3n) is 1.40. The summed E-state index contributed by atoms with van der Waals surface area (Å²) in [4.78, 5) is 11.2. The molecule has 0 saturated heterocycles. The van der Waals surface area contributed by atoms with E-state index in [1.807, 2.05) is 0 Å². The molecule has 0 spiro atoms. The highest BCUT2D eigenvalue weighted by Gasteiger charge is 2.08. The molecule has 5 nitrogen and oxygen atoms in total. The van der Waals surface area contributed by atoms with Crippen molar-refractivity contribution in [2.45, 2.75) is 13.0 Å². The second kappa shape index (κ2) is 3.87. The van der Waals surface area contributed by atoms with Crippen molar-refractivity contribution < 1.29 is 9.90 Å². The van der Waals surface area contributed by atoms with Crippen molar-refractivity contribution in [3.05, 3.63) is 18.0 Å². The van der Waals surface area contributed by atoms with E-state index in [9.17, 15) is 4.79 Å². The Balaban J connectivity index is 2.50. The maximum absolute atomic E-state index is 11.2. The van der Waals surface area contributed by atoms with Crippen LogP contribution in [0.2, 0.25) is 0 Å². The number of hydrogen-bond donors (Lipinski definition) is 3. The summed E-state index contributed by atoms with van der Waals surface area (Å²) in [7, 11) is 0. The van der Waals surface area contributed by atoms with Crippen molar-refractivity contribution >= 4 is 5.91 Å². The van der Waals surface area contributed by atoms with E-state index in [0.717, 1.165) is 0 Å². The van der Waals surface area contributed by atoms with Crippen LogP contribution in [0.3, 0.4) is 0 Å². The van der Waals surface area contributed by atoms with Crippen LogP contribution in [0, 0.1) is 0 Å². The van der Waals surface area contributed by atoms with Gasteiger partial charge < -0.3 is 10.4 Å². The Morgan fingerprint density at radius 2 is 2.67 bits per heavy atom. The van der Waals surface area contributed by atoms with E-state index in [4.69, 9.17) is 5.11 Å². The molecule has 0 aliphatic heterocycles. The molecule has 12 heavy (non-hydrogen) atoms. The van der Waals surface area contributed by atoms with Crippen LogP contribution in [0.4, 0.5) is 0 Å². The Hall–Kier alpha value is -1.36. The van der Waals surface area contributed by atoms with Gasteiger partial charge in [-0.3, -0.25) is 9.89 Å². The lowest BCUT2D eigenvalue weighted by molar-refractivity contribution is 0.0917. The van der Waals surface area contributed by atoms with E-state index in [1.165, 1.54) is 6.20 Å². The smallest absolute Gasteiger partial charge is 0.269 e. The fourth-order valence-electron chi connectivity index (χ4n) is 0.730. The van der Waals surface area contributed by atoms with E-state index < -0.39 is 0 Å². The van der Waals surface area contributed by atoms with Crippen LogP contribution < -0.4 is 5.32 Å².